The smallest absolute Gasteiger partial charge is 0.276 e. The van der Waals surface area contributed by atoms with Gasteiger partial charge >= 0.3 is 0 Å². The molecular formula is C14H12FN3O. The molecule has 0 bridgehead atoms. The minimum atomic E-state index is -0.395. The number of anilines is 1. The van der Waals surface area contributed by atoms with E-state index in [9.17, 15) is 9.18 Å². The average Bonchev–Trinajstić information content (AvgIpc) is 3.23. The highest BCUT2D eigenvalue weighted by molar-refractivity contribution is 6.02. The van der Waals surface area contributed by atoms with Gasteiger partial charge in [0.05, 0.1) is 5.69 Å². The van der Waals surface area contributed by atoms with Crippen molar-refractivity contribution >= 4 is 11.6 Å². The highest BCUT2D eigenvalue weighted by atomic mass is 19.1. The van der Waals surface area contributed by atoms with E-state index < -0.39 is 5.82 Å². The minimum absolute atomic E-state index is 0.230. The summed E-state index contributed by atoms with van der Waals surface area (Å²) in [6.45, 7) is 0. The Morgan fingerprint density at radius 3 is 2.68 bits per heavy atom. The molecule has 0 spiro atoms. The van der Waals surface area contributed by atoms with Gasteiger partial charge in [-0.3, -0.25) is 4.79 Å². The molecule has 1 heterocycles. The van der Waals surface area contributed by atoms with Crippen molar-refractivity contribution in [1.29, 1.82) is 0 Å². The largest absolute Gasteiger partial charge is 0.320 e. The number of carbonyl (C=O) groups is 1. The molecule has 1 N–H and O–H groups in total. The Bertz CT molecular complexity index is 608. The molecular weight excluding hydrogens is 245 g/mol. The van der Waals surface area contributed by atoms with Crippen molar-refractivity contribution in [3.8, 4) is 0 Å². The number of aromatic nitrogens is 2. The predicted molar refractivity (Wildman–Crippen MR) is 68.4 cm³/mol. The van der Waals surface area contributed by atoms with Crippen molar-refractivity contribution in [2.24, 2.45) is 0 Å². The lowest BCUT2D eigenvalue weighted by Gasteiger charge is -2.04. The molecule has 3 rings (SSSR count). The van der Waals surface area contributed by atoms with E-state index in [1.165, 1.54) is 18.2 Å². The van der Waals surface area contributed by atoms with Gasteiger partial charge in [-0.05, 0) is 43.2 Å². The molecule has 96 valence electrons. The van der Waals surface area contributed by atoms with Gasteiger partial charge in [-0.1, -0.05) is 6.07 Å². The Morgan fingerprint density at radius 2 is 2.05 bits per heavy atom. The third-order valence-electron chi connectivity index (χ3n) is 3.00. The highest BCUT2D eigenvalue weighted by Gasteiger charge is 2.25. The van der Waals surface area contributed by atoms with E-state index in [4.69, 9.17) is 0 Å². The van der Waals surface area contributed by atoms with Crippen LogP contribution >= 0.6 is 0 Å². The quantitative estimate of drug-likeness (QED) is 0.919. The molecule has 0 saturated heterocycles. The summed E-state index contributed by atoms with van der Waals surface area (Å²) in [5, 5.41) is 10.5. The van der Waals surface area contributed by atoms with Crippen LogP contribution in [0.3, 0.4) is 0 Å². The molecule has 0 aliphatic heterocycles. The Labute approximate surface area is 109 Å². The van der Waals surface area contributed by atoms with Crippen molar-refractivity contribution < 1.29 is 9.18 Å². The maximum absolute atomic E-state index is 13.0. The van der Waals surface area contributed by atoms with Gasteiger partial charge in [0, 0.05) is 11.6 Å². The lowest BCUT2D eigenvalue weighted by atomic mass is 10.2. The van der Waals surface area contributed by atoms with Crippen LogP contribution in [0.15, 0.2) is 36.4 Å². The zero-order valence-electron chi connectivity index (χ0n) is 10.1. The summed E-state index contributed by atoms with van der Waals surface area (Å²) >= 11 is 0. The first-order valence-corrected chi connectivity index (χ1v) is 6.13. The van der Waals surface area contributed by atoms with Gasteiger partial charge in [0.15, 0.2) is 5.69 Å². The normalized spacial score (nSPS) is 14.2. The summed E-state index contributed by atoms with van der Waals surface area (Å²) in [4.78, 5) is 11.9. The van der Waals surface area contributed by atoms with Crippen LogP contribution in [0.25, 0.3) is 0 Å². The molecule has 5 heteroatoms. The summed E-state index contributed by atoms with van der Waals surface area (Å²) in [7, 11) is 0. The standard InChI is InChI=1S/C14H12FN3O/c15-10-2-1-3-11(8-10)16-14(19)13-7-6-12(17-18-13)9-4-5-9/h1-3,6-9H,4-5H2,(H,16,19). The molecule has 1 aromatic carbocycles. The average molecular weight is 257 g/mol. The molecule has 1 aliphatic carbocycles. The molecule has 19 heavy (non-hydrogen) atoms. The van der Waals surface area contributed by atoms with E-state index >= 15 is 0 Å². The van der Waals surface area contributed by atoms with Gasteiger partial charge in [0.25, 0.3) is 5.91 Å². The molecule has 0 atom stereocenters. The van der Waals surface area contributed by atoms with E-state index in [2.05, 4.69) is 15.5 Å². The fraction of sp³-hybridized carbons (Fsp3) is 0.214. The fourth-order valence-electron chi connectivity index (χ4n) is 1.82. The zero-order chi connectivity index (χ0) is 13.2. The zero-order valence-corrected chi connectivity index (χ0v) is 10.1. The third-order valence-corrected chi connectivity index (χ3v) is 3.00. The Kier molecular flexibility index (Phi) is 2.95. The first-order valence-electron chi connectivity index (χ1n) is 6.13. The predicted octanol–water partition coefficient (Wildman–Crippen LogP) is 2.75. The van der Waals surface area contributed by atoms with E-state index in [1.807, 2.05) is 6.07 Å². The number of amides is 1. The molecule has 0 radical (unpaired) electrons. The van der Waals surface area contributed by atoms with Crippen molar-refractivity contribution in [2.45, 2.75) is 18.8 Å². The van der Waals surface area contributed by atoms with Crippen LogP contribution < -0.4 is 5.32 Å². The number of benzene rings is 1. The maximum atomic E-state index is 13.0. The van der Waals surface area contributed by atoms with Crippen LogP contribution in [0.4, 0.5) is 10.1 Å². The van der Waals surface area contributed by atoms with Crippen LogP contribution in [0.5, 0.6) is 0 Å². The minimum Gasteiger partial charge on any atom is -0.320 e. The number of nitrogens with one attached hydrogen (secondary N) is 1. The lowest BCUT2D eigenvalue weighted by molar-refractivity contribution is 0.102. The van der Waals surface area contributed by atoms with E-state index in [1.54, 1.807) is 12.1 Å². The first kappa shape index (κ1) is 11.8. The first-order chi connectivity index (χ1) is 9.22. The molecule has 1 amide bonds. The molecule has 1 aromatic heterocycles. The number of halogens is 1. The van der Waals surface area contributed by atoms with Gasteiger partial charge in [0.1, 0.15) is 5.82 Å². The van der Waals surface area contributed by atoms with Crippen molar-refractivity contribution in [3.63, 3.8) is 0 Å². The van der Waals surface area contributed by atoms with Crippen molar-refractivity contribution in [3.05, 3.63) is 53.6 Å². The van der Waals surface area contributed by atoms with E-state index in [0.717, 1.165) is 18.5 Å². The van der Waals surface area contributed by atoms with Crippen LogP contribution in [0.2, 0.25) is 0 Å². The van der Waals surface area contributed by atoms with Gasteiger partial charge < -0.3 is 5.32 Å². The molecule has 1 aliphatic rings. The SMILES string of the molecule is O=C(Nc1cccc(F)c1)c1ccc(C2CC2)nn1. The Balaban J connectivity index is 1.72. The van der Waals surface area contributed by atoms with Crippen LogP contribution in [0.1, 0.15) is 34.9 Å². The second-order valence-electron chi connectivity index (χ2n) is 4.58. The van der Waals surface area contributed by atoms with Gasteiger partial charge in [-0.25, -0.2) is 4.39 Å². The highest BCUT2D eigenvalue weighted by Crippen LogP contribution is 2.38. The van der Waals surface area contributed by atoms with Crippen molar-refractivity contribution in [1.82, 2.24) is 10.2 Å². The van der Waals surface area contributed by atoms with E-state index in [-0.39, 0.29) is 11.6 Å². The van der Waals surface area contributed by atoms with E-state index in [0.29, 0.717) is 11.6 Å². The summed E-state index contributed by atoms with van der Waals surface area (Å²) < 4.78 is 13.0. The molecule has 1 fully saturated rings. The third kappa shape index (κ3) is 2.76. The Hall–Kier alpha value is -2.30. The summed E-state index contributed by atoms with van der Waals surface area (Å²) in [5.74, 6) is -0.277. The molecule has 1 saturated carbocycles. The Morgan fingerprint density at radius 1 is 1.21 bits per heavy atom. The molecule has 0 unspecified atom stereocenters. The topological polar surface area (TPSA) is 54.9 Å². The van der Waals surface area contributed by atoms with Gasteiger partial charge in [-0.15, -0.1) is 5.10 Å². The summed E-state index contributed by atoms with van der Waals surface area (Å²) in [5.41, 5.74) is 1.56. The summed E-state index contributed by atoms with van der Waals surface area (Å²) in [6.07, 6.45) is 2.28. The molecule has 2 aromatic rings. The monoisotopic (exact) mass is 257 g/mol. The lowest BCUT2D eigenvalue weighted by Crippen LogP contribution is -2.14. The van der Waals surface area contributed by atoms with Gasteiger partial charge in [0.2, 0.25) is 0 Å². The number of nitrogens with zero attached hydrogens (tertiary/aromatic N) is 2. The fourth-order valence-corrected chi connectivity index (χ4v) is 1.82. The van der Waals surface area contributed by atoms with Crippen LogP contribution in [0, 0.1) is 5.82 Å². The number of hydrogen-bond donors (Lipinski definition) is 1. The number of hydrogen-bond acceptors (Lipinski definition) is 3. The van der Waals surface area contributed by atoms with Gasteiger partial charge in [-0.2, -0.15) is 5.10 Å². The molecule has 4 nitrogen and oxygen atoms in total. The number of carbonyl (C=O) groups excluding carboxylic acids is 1. The number of rotatable bonds is 3. The summed E-state index contributed by atoms with van der Waals surface area (Å²) in [6, 6.07) is 9.20. The second kappa shape index (κ2) is 4.76. The second-order valence-corrected chi connectivity index (χ2v) is 4.58. The van der Waals surface area contributed by atoms with Crippen LogP contribution in [-0.4, -0.2) is 16.1 Å². The maximum Gasteiger partial charge on any atom is 0.276 e. The van der Waals surface area contributed by atoms with Crippen molar-refractivity contribution in [2.75, 3.05) is 5.32 Å². The van der Waals surface area contributed by atoms with Crippen LogP contribution in [-0.2, 0) is 0 Å².